The molecule has 1 atom stereocenters. The highest BCUT2D eigenvalue weighted by molar-refractivity contribution is 5.91. The number of hydrogen-bond acceptors (Lipinski definition) is 6. The second-order valence-corrected chi connectivity index (χ2v) is 3.31. The summed E-state index contributed by atoms with van der Waals surface area (Å²) in [7, 11) is 1.69. The standard InChI is InChI=1S/C8H10N4O3/c1-3-4(8(13)14)5(9)6-7(12(3)2)11-15-10-6/h5H,9H2,1-2H3,(H,13,14). The van der Waals surface area contributed by atoms with E-state index in [9.17, 15) is 4.79 Å². The van der Waals surface area contributed by atoms with Gasteiger partial charge in [-0.15, -0.1) is 0 Å². The van der Waals surface area contributed by atoms with Crippen LogP contribution in [0.3, 0.4) is 0 Å². The molecule has 1 aliphatic rings. The molecule has 7 nitrogen and oxygen atoms in total. The monoisotopic (exact) mass is 210 g/mol. The van der Waals surface area contributed by atoms with Crippen LogP contribution in [0.2, 0.25) is 0 Å². The molecule has 0 spiro atoms. The fourth-order valence-corrected chi connectivity index (χ4v) is 1.61. The zero-order valence-electron chi connectivity index (χ0n) is 8.26. The van der Waals surface area contributed by atoms with Crippen molar-refractivity contribution in [3.05, 3.63) is 17.0 Å². The third-order valence-corrected chi connectivity index (χ3v) is 2.54. The molecule has 0 saturated heterocycles. The van der Waals surface area contributed by atoms with Gasteiger partial charge in [0.2, 0.25) is 5.82 Å². The molecule has 2 rings (SSSR count). The predicted octanol–water partition coefficient (Wildman–Crippen LogP) is -0.122. The van der Waals surface area contributed by atoms with Gasteiger partial charge >= 0.3 is 5.97 Å². The first-order chi connectivity index (χ1) is 7.04. The van der Waals surface area contributed by atoms with E-state index < -0.39 is 12.0 Å². The van der Waals surface area contributed by atoms with Gasteiger partial charge in [-0.25, -0.2) is 9.42 Å². The summed E-state index contributed by atoms with van der Waals surface area (Å²) in [6.45, 7) is 1.67. The van der Waals surface area contributed by atoms with Crippen LogP contribution >= 0.6 is 0 Å². The summed E-state index contributed by atoms with van der Waals surface area (Å²) in [6.07, 6.45) is 0. The number of aliphatic carboxylic acids is 1. The molecule has 0 fully saturated rings. The lowest BCUT2D eigenvalue weighted by Crippen LogP contribution is -2.32. The minimum atomic E-state index is -1.06. The van der Waals surface area contributed by atoms with Gasteiger partial charge in [0.25, 0.3) is 0 Å². The van der Waals surface area contributed by atoms with Crippen LogP contribution in [0.25, 0.3) is 0 Å². The van der Waals surface area contributed by atoms with Crippen LogP contribution in [0.15, 0.2) is 15.9 Å². The van der Waals surface area contributed by atoms with E-state index in [2.05, 4.69) is 14.9 Å². The largest absolute Gasteiger partial charge is 0.478 e. The van der Waals surface area contributed by atoms with Gasteiger partial charge in [-0.2, -0.15) is 0 Å². The van der Waals surface area contributed by atoms with Crippen LogP contribution in [0.4, 0.5) is 5.82 Å². The number of fused-ring (bicyclic) bond motifs is 1. The molecular formula is C8H10N4O3. The topological polar surface area (TPSA) is 105 Å². The number of carboxylic acids is 1. The maximum absolute atomic E-state index is 11.0. The van der Waals surface area contributed by atoms with Crippen LogP contribution < -0.4 is 10.6 Å². The first-order valence-electron chi connectivity index (χ1n) is 4.30. The zero-order valence-corrected chi connectivity index (χ0v) is 8.26. The fourth-order valence-electron chi connectivity index (χ4n) is 1.61. The summed E-state index contributed by atoms with van der Waals surface area (Å²) < 4.78 is 4.54. The summed E-state index contributed by atoms with van der Waals surface area (Å²) >= 11 is 0. The summed E-state index contributed by atoms with van der Waals surface area (Å²) in [5, 5.41) is 16.3. The van der Waals surface area contributed by atoms with Gasteiger partial charge < -0.3 is 15.7 Å². The second kappa shape index (κ2) is 3.06. The first kappa shape index (κ1) is 9.66. The first-order valence-corrected chi connectivity index (χ1v) is 4.30. The molecule has 1 unspecified atom stereocenters. The summed E-state index contributed by atoms with van der Waals surface area (Å²) in [5.41, 5.74) is 6.76. The highest BCUT2D eigenvalue weighted by Crippen LogP contribution is 2.34. The zero-order chi connectivity index (χ0) is 11.2. The molecule has 0 radical (unpaired) electrons. The Bertz CT molecular complexity index is 450. The number of carboxylic acid groups (broad SMARTS) is 1. The van der Waals surface area contributed by atoms with Crippen LogP contribution in [0, 0.1) is 0 Å². The van der Waals surface area contributed by atoms with Crippen molar-refractivity contribution < 1.29 is 14.5 Å². The number of carbonyl (C=O) groups is 1. The Balaban J connectivity index is 2.59. The van der Waals surface area contributed by atoms with E-state index in [1.807, 2.05) is 0 Å². The second-order valence-electron chi connectivity index (χ2n) is 3.31. The Morgan fingerprint density at radius 3 is 2.87 bits per heavy atom. The van der Waals surface area contributed by atoms with E-state index in [1.54, 1.807) is 18.9 Å². The SMILES string of the molecule is CC1=C(C(=O)O)C(N)c2nonc2N1C. The maximum atomic E-state index is 11.0. The van der Waals surface area contributed by atoms with Crippen LogP contribution in [0.5, 0.6) is 0 Å². The average Bonchev–Trinajstić information content (AvgIpc) is 2.62. The van der Waals surface area contributed by atoms with E-state index in [4.69, 9.17) is 10.8 Å². The highest BCUT2D eigenvalue weighted by Gasteiger charge is 2.34. The number of nitrogens with zero attached hydrogens (tertiary/aromatic N) is 3. The lowest BCUT2D eigenvalue weighted by Gasteiger charge is -2.27. The summed E-state index contributed by atoms with van der Waals surface area (Å²) in [5.74, 6) is -0.592. The molecule has 7 heteroatoms. The smallest absolute Gasteiger partial charge is 0.335 e. The van der Waals surface area contributed by atoms with Crippen molar-refractivity contribution in [3.63, 3.8) is 0 Å². The van der Waals surface area contributed by atoms with Crippen molar-refractivity contribution in [1.29, 1.82) is 0 Å². The lowest BCUT2D eigenvalue weighted by molar-refractivity contribution is -0.133. The third kappa shape index (κ3) is 1.20. The normalized spacial score (nSPS) is 20.5. The number of aromatic nitrogens is 2. The lowest BCUT2D eigenvalue weighted by atomic mass is 9.98. The molecular weight excluding hydrogens is 200 g/mol. The van der Waals surface area contributed by atoms with Crippen LogP contribution in [-0.2, 0) is 4.79 Å². The number of rotatable bonds is 1. The van der Waals surface area contributed by atoms with Crippen LogP contribution in [0.1, 0.15) is 18.7 Å². The fraction of sp³-hybridized carbons (Fsp3) is 0.375. The molecule has 0 aliphatic carbocycles. The summed E-state index contributed by atoms with van der Waals surface area (Å²) in [6, 6.07) is -0.792. The molecule has 2 heterocycles. The van der Waals surface area contributed by atoms with E-state index in [1.165, 1.54) is 0 Å². The van der Waals surface area contributed by atoms with Crippen molar-refractivity contribution >= 4 is 11.8 Å². The molecule has 0 saturated carbocycles. The quantitative estimate of drug-likeness (QED) is 0.665. The molecule has 1 aliphatic heterocycles. The Morgan fingerprint density at radius 1 is 1.60 bits per heavy atom. The molecule has 1 aromatic rings. The number of hydrogen-bond donors (Lipinski definition) is 2. The van der Waals surface area contributed by atoms with E-state index in [0.29, 0.717) is 17.2 Å². The summed E-state index contributed by atoms with van der Waals surface area (Å²) in [4.78, 5) is 12.6. The van der Waals surface area contributed by atoms with Gasteiger partial charge in [0, 0.05) is 12.7 Å². The van der Waals surface area contributed by atoms with Crippen molar-refractivity contribution in [2.45, 2.75) is 13.0 Å². The van der Waals surface area contributed by atoms with Gasteiger partial charge in [-0.05, 0) is 12.1 Å². The van der Waals surface area contributed by atoms with Gasteiger partial charge in [0.1, 0.15) is 0 Å². The Kier molecular flexibility index (Phi) is 1.97. The highest BCUT2D eigenvalue weighted by atomic mass is 16.6. The predicted molar refractivity (Wildman–Crippen MR) is 50.0 cm³/mol. The van der Waals surface area contributed by atoms with E-state index in [-0.39, 0.29) is 5.57 Å². The number of allylic oxidation sites excluding steroid dienone is 1. The minimum absolute atomic E-state index is 0.112. The van der Waals surface area contributed by atoms with Crippen LogP contribution in [-0.4, -0.2) is 28.4 Å². The molecule has 1 aromatic heterocycles. The maximum Gasteiger partial charge on any atom is 0.335 e. The Morgan fingerprint density at radius 2 is 2.27 bits per heavy atom. The molecule has 0 aromatic carbocycles. The third-order valence-electron chi connectivity index (χ3n) is 2.54. The van der Waals surface area contributed by atoms with Gasteiger partial charge in [-0.1, -0.05) is 5.16 Å². The van der Waals surface area contributed by atoms with Gasteiger partial charge in [0.15, 0.2) is 5.69 Å². The van der Waals surface area contributed by atoms with E-state index in [0.717, 1.165) is 0 Å². The molecule has 0 bridgehead atoms. The van der Waals surface area contributed by atoms with E-state index >= 15 is 0 Å². The van der Waals surface area contributed by atoms with Gasteiger partial charge in [-0.3, -0.25) is 0 Å². The van der Waals surface area contributed by atoms with Crippen molar-refractivity contribution in [1.82, 2.24) is 10.3 Å². The number of nitrogens with two attached hydrogens (primary N) is 1. The minimum Gasteiger partial charge on any atom is -0.478 e. The van der Waals surface area contributed by atoms with Crippen molar-refractivity contribution in [2.24, 2.45) is 5.73 Å². The molecule has 3 N–H and O–H groups in total. The Labute approximate surface area is 85.1 Å². The average molecular weight is 210 g/mol. The van der Waals surface area contributed by atoms with Gasteiger partial charge in [0.05, 0.1) is 11.6 Å². The number of anilines is 1. The van der Waals surface area contributed by atoms with Crippen molar-refractivity contribution in [2.75, 3.05) is 11.9 Å². The van der Waals surface area contributed by atoms with Crippen molar-refractivity contribution in [3.8, 4) is 0 Å². The molecule has 80 valence electrons. The Hall–Kier alpha value is -1.89. The molecule has 15 heavy (non-hydrogen) atoms. The molecule has 0 amide bonds.